The molecule has 2 aliphatic rings. The number of hydrogen-bond donors (Lipinski definition) is 0. The van der Waals surface area contributed by atoms with Crippen LogP contribution in [0.3, 0.4) is 0 Å². The SMILES string of the molecule is O=C1CCC(=O)OC(C2CCCCC2)O1. The van der Waals surface area contributed by atoms with Gasteiger partial charge in [-0.15, -0.1) is 0 Å². The van der Waals surface area contributed by atoms with Crippen LogP contribution in [0.5, 0.6) is 0 Å². The average Bonchev–Trinajstić information content (AvgIpc) is 2.42. The van der Waals surface area contributed by atoms with Gasteiger partial charge in [0.15, 0.2) is 0 Å². The molecule has 15 heavy (non-hydrogen) atoms. The van der Waals surface area contributed by atoms with Crippen LogP contribution in [0.2, 0.25) is 0 Å². The van der Waals surface area contributed by atoms with Crippen LogP contribution in [-0.4, -0.2) is 18.2 Å². The van der Waals surface area contributed by atoms with Crippen molar-refractivity contribution in [3.05, 3.63) is 0 Å². The zero-order valence-electron chi connectivity index (χ0n) is 8.74. The van der Waals surface area contributed by atoms with E-state index in [1.165, 1.54) is 6.42 Å². The number of esters is 2. The average molecular weight is 212 g/mol. The first-order valence-electron chi connectivity index (χ1n) is 5.64. The van der Waals surface area contributed by atoms with Gasteiger partial charge in [0, 0.05) is 5.92 Å². The summed E-state index contributed by atoms with van der Waals surface area (Å²) < 4.78 is 10.3. The largest absolute Gasteiger partial charge is 0.425 e. The van der Waals surface area contributed by atoms with Gasteiger partial charge in [-0.3, -0.25) is 9.59 Å². The Balaban J connectivity index is 1.98. The summed E-state index contributed by atoms with van der Waals surface area (Å²) in [5.74, 6) is -0.405. The van der Waals surface area contributed by atoms with E-state index in [9.17, 15) is 9.59 Å². The van der Waals surface area contributed by atoms with Crippen molar-refractivity contribution in [3.63, 3.8) is 0 Å². The van der Waals surface area contributed by atoms with Crippen LogP contribution in [0.15, 0.2) is 0 Å². The number of cyclic esters (lactones) is 2. The Morgan fingerprint density at radius 3 is 1.93 bits per heavy atom. The van der Waals surface area contributed by atoms with Gasteiger partial charge in [-0.25, -0.2) is 0 Å². The molecule has 1 saturated heterocycles. The third-order valence-electron chi connectivity index (χ3n) is 3.06. The van der Waals surface area contributed by atoms with Gasteiger partial charge >= 0.3 is 11.9 Å². The van der Waals surface area contributed by atoms with E-state index in [0.717, 1.165) is 25.7 Å². The van der Waals surface area contributed by atoms with Crippen molar-refractivity contribution in [1.82, 2.24) is 0 Å². The molecule has 0 amide bonds. The Morgan fingerprint density at radius 2 is 1.40 bits per heavy atom. The Kier molecular flexibility index (Phi) is 3.23. The molecule has 4 nitrogen and oxygen atoms in total. The van der Waals surface area contributed by atoms with Crippen molar-refractivity contribution < 1.29 is 19.1 Å². The smallest absolute Gasteiger partial charge is 0.309 e. The van der Waals surface area contributed by atoms with Crippen molar-refractivity contribution in [2.24, 2.45) is 5.92 Å². The Labute approximate surface area is 88.9 Å². The molecule has 0 bridgehead atoms. The summed E-state index contributed by atoms with van der Waals surface area (Å²) in [5.41, 5.74) is 0. The first-order chi connectivity index (χ1) is 7.25. The van der Waals surface area contributed by atoms with E-state index < -0.39 is 6.29 Å². The molecule has 0 N–H and O–H groups in total. The molecular weight excluding hydrogens is 196 g/mol. The number of carbonyl (C=O) groups excluding carboxylic acids is 2. The van der Waals surface area contributed by atoms with Gasteiger partial charge in [0.05, 0.1) is 12.8 Å². The molecule has 1 aliphatic heterocycles. The number of rotatable bonds is 1. The summed E-state index contributed by atoms with van der Waals surface area (Å²) in [5, 5.41) is 0. The first kappa shape index (κ1) is 10.5. The fourth-order valence-corrected chi connectivity index (χ4v) is 2.20. The van der Waals surface area contributed by atoms with Crippen molar-refractivity contribution in [1.29, 1.82) is 0 Å². The molecular formula is C11H16O4. The maximum absolute atomic E-state index is 11.2. The van der Waals surface area contributed by atoms with Crippen molar-refractivity contribution in [2.75, 3.05) is 0 Å². The van der Waals surface area contributed by atoms with Gasteiger partial charge in [0.2, 0.25) is 6.29 Å². The van der Waals surface area contributed by atoms with Gasteiger partial charge < -0.3 is 9.47 Å². The molecule has 0 spiro atoms. The summed E-state index contributed by atoms with van der Waals surface area (Å²) in [4.78, 5) is 22.5. The van der Waals surface area contributed by atoms with E-state index >= 15 is 0 Å². The number of ether oxygens (including phenoxy) is 2. The quantitative estimate of drug-likeness (QED) is 0.621. The zero-order chi connectivity index (χ0) is 10.7. The summed E-state index contributed by atoms with van der Waals surface area (Å²) in [6, 6.07) is 0. The van der Waals surface area contributed by atoms with Crippen molar-refractivity contribution >= 4 is 11.9 Å². The predicted octanol–water partition coefficient (Wildman–Crippen LogP) is 1.77. The normalized spacial score (nSPS) is 25.6. The highest BCUT2D eigenvalue weighted by Crippen LogP contribution is 2.30. The maximum Gasteiger partial charge on any atom is 0.309 e. The van der Waals surface area contributed by atoms with Crippen LogP contribution >= 0.6 is 0 Å². The van der Waals surface area contributed by atoms with Crippen LogP contribution in [-0.2, 0) is 19.1 Å². The Bertz CT molecular complexity index is 237. The molecule has 0 atom stereocenters. The molecule has 2 fully saturated rings. The minimum atomic E-state index is -0.618. The molecule has 0 aromatic carbocycles. The minimum absolute atomic E-state index is 0.155. The van der Waals surface area contributed by atoms with Crippen LogP contribution in [0, 0.1) is 5.92 Å². The van der Waals surface area contributed by atoms with E-state index in [1.54, 1.807) is 0 Å². The minimum Gasteiger partial charge on any atom is -0.425 e. The highest BCUT2D eigenvalue weighted by Gasteiger charge is 2.32. The van der Waals surface area contributed by atoms with Crippen LogP contribution in [0.4, 0.5) is 0 Å². The van der Waals surface area contributed by atoms with Crippen molar-refractivity contribution in [2.45, 2.75) is 51.2 Å². The lowest BCUT2D eigenvalue weighted by molar-refractivity contribution is -0.192. The van der Waals surface area contributed by atoms with Gasteiger partial charge in [0.1, 0.15) is 0 Å². The number of hydrogen-bond acceptors (Lipinski definition) is 4. The molecule has 0 radical (unpaired) electrons. The molecule has 1 aliphatic carbocycles. The van der Waals surface area contributed by atoms with Gasteiger partial charge in [-0.05, 0) is 12.8 Å². The molecule has 1 saturated carbocycles. The summed E-state index contributed by atoms with van der Waals surface area (Å²) >= 11 is 0. The fourth-order valence-electron chi connectivity index (χ4n) is 2.20. The van der Waals surface area contributed by atoms with E-state index in [-0.39, 0.29) is 30.7 Å². The zero-order valence-corrected chi connectivity index (χ0v) is 8.74. The molecule has 0 unspecified atom stereocenters. The highest BCUT2D eigenvalue weighted by molar-refractivity contribution is 5.79. The van der Waals surface area contributed by atoms with E-state index in [1.807, 2.05) is 0 Å². The lowest BCUT2D eigenvalue weighted by Gasteiger charge is -2.27. The Hall–Kier alpha value is -1.06. The summed E-state index contributed by atoms with van der Waals surface area (Å²) in [6.07, 6.45) is 5.17. The molecule has 0 aromatic rings. The maximum atomic E-state index is 11.2. The molecule has 4 heteroatoms. The van der Waals surface area contributed by atoms with Gasteiger partial charge in [-0.2, -0.15) is 0 Å². The van der Waals surface area contributed by atoms with Gasteiger partial charge in [0.25, 0.3) is 0 Å². The second-order valence-corrected chi connectivity index (χ2v) is 4.25. The van der Waals surface area contributed by atoms with Crippen LogP contribution in [0.1, 0.15) is 44.9 Å². The van der Waals surface area contributed by atoms with Crippen LogP contribution in [0.25, 0.3) is 0 Å². The molecule has 0 aromatic heterocycles. The molecule has 1 heterocycles. The molecule has 84 valence electrons. The third kappa shape index (κ3) is 2.70. The van der Waals surface area contributed by atoms with Gasteiger partial charge in [-0.1, -0.05) is 19.3 Å². The fraction of sp³-hybridized carbons (Fsp3) is 0.818. The highest BCUT2D eigenvalue weighted by atomic mass is 16.7. The topological polar surface area (TPSA) is 52.6 Å². The monoisotopic (exact) mass is 212 g/mol. The van der Waals surface area contributed by atoms with E-state index in [0.29, 0.717) is 0 Å². The lowest BCUT2D eigenvalue weighted by atomic mass is 9.89. The summed E-state index contributed by atoms with van der Waals surface area (Å²) in [7, 11) is 0. The summed E-state index contributed by atoms with van der Waals surface area (Å²) in [6.45, 7) is 0. The first-order valence-corrected chi connectivity index (χ1v) is 5.64. The lowest BCUT2D eigenvalue weighted by Crippen LogP contribution is -2.30. The number of carbonyl (C=O) groups is 2. The predicted molar refractivity (Wildman–Crippen MR) is 51.8 cm³/mol. The Morgan fingerprint density at radius 1 is 0.867 bits per heavy atom. The van der Waals surface area contributed by atoms with Crippen LogP contribution < -0.4 is 0 Å². The molecule has 2 rings (SSSR count). The van der Waals surface area contributed by atoms with E-state index in [2.05, 4.69) is 0 Å². The second-order valence-electron chi connectivity index (χ2n) is 4.25. The van der Waals surface area contributed by atoms with E-state index in [4.69, 9.17) is 9.47 Å². The van der Waals surface area contributed by atoms with Crippen molar-refractivity contribution in [3.8, 4) is 0 Å². The second kappa shape index (κ2) is 4.64. The third-order valence-corrected chi connectivity index (χ3v) is 3.06. The standard InChI is InChI=1S/C11H16O4/c12-9-6-7-10(13)15-11(14-9)8-4-2-1-3-5-8/h8,11H,1-7H2.